The quantitative estimate of drug-likeness (QED) is 0.0382. The Morgan fingerprint density at radius 2 is 1.06 bits per heavy atom. The van der Waals surface area contributed by atoms with Crippen molar-refractivity contribution >= 4 is 17.8 Å². The summed E-state index contributed by atoms with van der Waals surface area (Å²) in [4.78, 5) is 38.6. The van der Waals surface area contributed by atoms with Gasteiger partial charge in [-0.2, -0.15) is 0 Å². The highest BCUT2D eigenvalue weighted by Crippen LogP contribution is 2.39. The number of rotatable bonds is 47. The first-order chi connectivity index (χ1) is 40.3. The van der Waals surface area contributed by atoms with Crippen molar-refractivity contribution < 1.29 is 114 Å². The Labute approximate surface area is 496 Å². The largest absolute Gasteiger partial charge is 0.477 e. The first-order valence-corrected chi connectivity index (χ1v) is 31.7. The summed E-state index contributed by atoms with van der Waals surface area (Å²) in [7, 11) is 0. The van der Waals surface area contributed by atoms with E-state index in [0.29, 0.717) is 12.8 Å². The number of amides is 2. The van der Waals surface area contributed by atoms with E-state index in [1.165, 1.54) is 109 Å². The molecular weight excluding hydrogens is 1100 g/mol. The van der Waals surface area contributed by atoms with Crippen LogP contribution in [0.2, 0.25) is 0 Å². The van der Waals surface area contributed by atoms with Gasteiger partial charge in [0.2, 0.25) is 11.8 Å². The topological polar surface area (TPSA) is 414 Å². The molecule has 25 nitrogen and oxygen atoms in total. The van der Waals surface area contributed by atoms with Crippen LogP contribution in [0.25, 0.3) is 0 Å². The molecule has 0 saturated carbocycles. The van der Waals surface area contributed by atoms with E-state index in [9.17, 15) is 85.9 Å². The number of aliphatic hydroxyl groups excluding tert-OH is 13. The second kappa shape index (κ2) is 42.6. The number of carbonyl (C=O) groups is 3. The van der Waals surface area contributed by atoms with E-state index >= 15 is 0 Å². The van der Waals surface area contributed by atoms with Crippen molar-refractivity contribution in [3.63, 3.8) is 0 Å². The molecular formula is C59H110N2O23. The molecule has 0 bridgehead atoms. The molecule has 494 valence electrons. The van der Waals surface area contributed by atoms with Crippen LogP contribution in [0.1, 0.15) is 206 Å². The van der Waals surface area contributed by atoms with Crippen LogP contribution in [0.4, 0.5) is 0 Å². The van der Waals surface area contributed by atoms with E-state index in [2.05, 4.69) is 24.5 Å². The van der Waals surface area contributed by atoms with Gasteiger partial charge in [0.1, 0.15) is 79.9 Å². The van der Waals surface area contributed by atoms with Crippen molar-refractivity contribution in [3.8, 4) is 0 Å². The fraction of sp³-hybridized carbons (Fsp3) is 0.949. The fourth-order valence-corrected chi connectivity index (χ4v) is 11.3. The molecule has 3 saturated heterocycles. The zero-order chi connectivity index (χ0) is 62.0. The third-order valence-corrected chi connectivity index (χ3v) is 16.5. The molecule has 3 aliphatic rings. The summed E-state index contributed by atoms with van der Waals surface area (Å²) in [6.45, 7) is -0.364. The highest BCUT2D eigenvalue weighted by Gasteiger charge is 2.60. The van der Waals surface area contributed by atoms with Gasteiger partial charge in [0.25, 0.3) is 5.79 Å². The third kappa shape index (κ3) is 25.6. The molecule has 0 aromatic rings. The molecule has 0 aliphatic carbocycles. The van der Waals surface area contributed by atoms with Crippen LogP contribution in [0, 0.1) is 0 Å². The Kier molecular flexibility index (Phi) is 38.5. The van der Waals surface area contributed by atoms with Crippen molar-refractivity contribution in [2.24, 2.45) is 0 Å². The lowest BCUT2D eigenvalue weighted by Crippen LogP contribution is -2.71. The molecule has 16 N–H and O–H groups in total. The summed E-state index contributed by atoms with van der Waals surface area (Å²) in [5.74, 6) is -6.72. The monoisotopic (exact) mass is 1210 g/mol. The molecule has 0 radical (unpaired) electrons. The van der Waals surface area contributed by atoms with Gasteiger partial charge >= 0.3 is 5.97 Å². The predicted molar refractivity (Wildman–Crippen MR) is 304 cm³/mol. The standard InChI is InChI=1S/C59H110N2O23/c1-3-5-7-9-11-13-15-17-18-19-21-23-25-27-29-31-44(69)60-38(47(71)39(66)30-28-26-24-22-20-16-14-12-10-8-6-4-2)37-79-56-51(75)50(74)53(43(35-64)81-56)82-57-52(76)55(49(73)42(34-63)80-57)84-59(58(77)78)32-40(67)46(61-45(70)36-65)54(83-59)48(72)41(68)33-62/h38-43,46-57,62-68,71-76H,3-37H2,1-2H3,(H,60,69)(H,61,70)(H,77,78)/t38-,39+,40?,41+,42?,43?,46?,47-,48+,49?,50?,51?,52?,53?,54?,55?,56?,57?,59?/m0/s1. The molecule has 0 aromatic heterocycles. The van der Waals surface area contributed by atoms with Gasteiger partial charge in [-0.25, -0.2) is 4.79 Å². The van der Waals surface area contributed by atoms with Crippen LogP contribution in [0.3, 0.4) is 0 Å². The number of hydrogen-bond donors (Lipinski definition) is 16. The van der Waals surface area contributed by atoms with Crippen LogP contribution < -0.4 is 10.6 Å². The Bertz CT molecular complexity index is 1740. The number of nitrogens with one attached hydrogen (secondary N) is 2. The molecule has 2 amide bonds. The molecule has 14 unspecified atom stereocenters. The van der Waals surface area contributed by atoms with Gasteiger partial charge in [0, 0.05) is 12.8 Å². The van der Waals surface area contributed by atoms with Gasteiger partial charge in [-0.1, -0.05) is 181 Å². The third-order valence-electron chi connectivity index (χ3n) is 16.5. The smallest absolute Gasteiger partial charge is 0.364 e. The first-order valence-electron chi connectivity index (χ1n) is 31.7. The number of carboxylic acid groups (broad SMARTS) is 1. The van der Waals surface area contributed by atoms with Gasteiger partial charge in [-0.3, -0.25) is 9.59 Å². The average molecular weight is 1220 g/mol. The van der Waals surface area contributed by atoms with Crippen molar-refractivity contribution in [2.45, 2.75) is 322 Å². The minimum atomic E-state index is -3.16. The second-order valence-electron chi connectivity index (χ2n) is 23.4. The molecule has 3 rings (SSSR count). The lowest BCUT2D eigenvalue weighted by Gasteiger charge is -2.50. The molecule has 0 aromatic carbocycles. The van der Waals surface area contributed by atoms with Crippen molar-refractivity contribution in [2.75, 3.05) is 33.0 Å². The maximum absolute atomic E-state index is 13.4. The van der Waals surface area contributed by atoms with Gasteiger partial charge in [0.15, 0.2) is 12.6 Å². The Morgan fingerprint density at radius 1 is 0.571 bits per heavy atom. The van der Waals surface area contributed by atoms with Crippen molar-refractivity contribution in [1.82, 2.24) is 10.6 Å². The SMILES string of the molecule is CCCCCCCCCCCCCCCCCC(=O)N[C@@H](COC1OC(CO)C(OC2OC(CO)C(O)C(OC3(C(=O)O)CC(O)C(NC(=O)CO)C([C@H](O)[C@H](O)CO)O3)C2O)C(O)C1O)[C@H](O)[C@H](O)CCCCCCCCCCCCCC. The summed E-state index contributed by atoms with van der Waals surface area (Å²) < 4.78 is 34.5. The van der Waals surface area contributed by atoms with Crippen LogP contribution in [0.15, 0.2) is 0 Å². The van der Waals surface area contributed by atoms with Gasteiger partial charge in [-0.15, -0.1) is 0 Å². The zero-order valence-corrected chi connectivity index (χ0v) is 50.1. The molecule has 3 aliphatic heterocycles. The number of unbranched alkanes of at least 4 members (excludes halogenated alkanes) is 25. The van der Waals surface area contributed by atoms with Gasteiger partial charge in [-0.05, 0) is 12.8 Å². The Hall–Kier alpha value is -2.35. The number of aliphatic hydroxyl groups is 13. The molecule has 3 fully saturated rings. The number of ether oxygens (including phenoxy) is 6. The maximum atomic E-state index is 13.4. The van der Waals surface area contributed by atoms with Crippen LogP contribution in [-0.4, -0.2) is 238 Å². The van der Waals surface area contributed by atoms with E-state index in [1.54, 1.807) is 0 Å². The summed E-state index contributed by atoms with van der Waals surface area (Å²) in [6.07, 6.45) is -1.22. The molecule has 3 heterocycles. The molecule has 84 heavy (non-hydrogen) atoms. The second-order valence-corrected chi connectivity index (χ2v) is 23.4. The summed E-state index contributed by atoms with van der Waals surface area (Å²) in [6, 6.07) is -2.97. The fourth-order valence-electron chi connectivity index (χ4n) is 11.3. The van der Waals surface area contributed by atoms with E-state index in [4.69, 9.17) is 28.4 Å². The van der Waals surface area contributed by atoms with Crippen LogP contribution in [0.5, 0.6) is 0 Å². The van der Waals surface area contributed by atoms with E-state index in [-0.39, 0.29) is 12.8 Å². The summed E-state index contributed by atoms with van der Waals surface area (Å²) in [5, 5.41) is 156. The maximum Gasteiger partial charge on any atom is 0.364 e. The summed E-state index contributed by atoms with van der Waals surface area (Å²) in [5.41, 5.74) is 0. The Balaban J connectivity index is 1.68. The number of carbonyl (C=O) groups excluding carboxylic acids is 2. The van der Waals surface area contributed by atoms with Crippen molar-refractivity contribution in [1.29, 1.82) is 0 Å². The highest BCUT2D eigenvalue weighted by molar-refractivity contribution is 5.78. The normalized spacial score (nSPS) is 30.1. The zero-order valence-electron chi connectivity index (χ0n) is 50.1. The van der Waals surface area contributed by atoms with E-state index < -0.39 is 173 Å². The van der Waals surface area contributed by atoms with Crippen LogP contribution in [-0.2, 0) is 42.8 Å². The van der Waals surface area contributed by atoms with Crippen LogP contribution >= 0.6 is 0 Å². The number of aliphatic carboxylic acids is 1. The van der Waals surface area contributed by atoms with E-state index in [1.807, 2.05) is 0 Å². The number of carboxylic acids is 1. The van der Waals surface area contributed by atoms with Gasteiger partial charge in [0.05, 0.1) is 50.7 Å². The first kappa shape index (κ1) is 75.9. The average Bonchev–Trinajstić information content (AvgIpc) is 1.85. The highest BCUT2D eigenvalue weighted by atomic mass is 16.8. The summed E-state index contributed by atoms with van der Waals surface area (Å²) >= 11 is 0. The lowest BCUT2D eigenvalue weighted by atomic mass is 9.88. The molecule has 19 atom stereocenters. The van der Waals surface area contributed by atoms with E-state index in [0.717, 1.165) is 51.4 Å². The lowest BCUT2D eigenvalue weighted by molar-refractivity contribution is -0.386. The van der Waals surface area contributed by atoms with Gasteiger partial charge < -0.3 is 111 Å². The molecule has 0 spiro atoms. The molecule has 25 heteroatoms. The minimum Gasteiger partial charge on any atom is -0.477 e. The minimum absolute atomic E-state index is 0.133. The van der Waals surface area contributed by atoms with Crippen molar-refractivity contribution in [3.05, 3.63) is 0 Å². The Morgan fingerprint density at radius 3 is 1.54 bits per heavy atom. The number of hydrogen-bond acceptors (Lipinski definition) is 22. The predicted octanol–water partition coefficient (Wildman–Crippen LogP) is 1.33.